The average molecular weight is 236 g/mol. The average Bonchev–Trinajstić information content (AvgIpc) is 2.29. The largest absolute Gasteiger partial charge is 0.480 e. The van der Waals surface area contributed by atoms with Gasteiger partial charge in [-0.25, -0.2) is 4.79 Å². The van der Waals surface area contributed by atoms with Crippen molar-refractivity contribution in [1.29, 1.82) is 0 Å². The summed E-state index contributed by atoms with van der Waals surface area (Å²) in [4.78, 5) is 26.6. The number of nitrogens with one attached hydrogen (secondary N) is 1. The number of hydrogen-bond donors (Lipinski definition) is 2. The Balaban J connectivity index is 2.64. The number of pyridine rings is 1. The monoisotopic (exact) mass is 236 g/mol. The van der Waals surface area contributed by atoms with E-state index in [1.165, 1.54) is 6.92 Å². The molecule has 2 N–H and O–H groups in total. The number of carboxylic acids is 1. The van der Waals surface area contributed by atoms with E-state index in [1.807, 2.05) is 0 Å². The van der Waals surface area contributed by atoms with Crippen LogP contribution in [0, 0.1) is 0 Å². The van der Waals surface area contributed by atoms with Gasteiger partial charge in [0.15, 0.2) is 0 Å². The Morgan fingerprint density at radius 1 is 1.41 bits per heavy atom. The molecule has 17 heavy (non-hydrogen) atoms. The van der Waals surface area contributed by atoms with Gasteiger partial charge in [0, 0.05) is 12.4 Å². The number of amides is 1. The van der Waals surface area contributed by atoms with Gasteiger partial charge in [-0.15, -0.1) is 0 Å². The smallest absolute Gasteiger partial charge is 0.329 e. The van der Waals surface area contributed by atoms with Crippen molar-refractivity contribution in [3.63, 3.8) is 0 Å². The van der Waals surface area contributed by atoms with E-state index in [0.29, 0.717) is 6.42 Å². The molecule has 0 aliphatic carbocycles. The maximum absolute atomic E-state index is 11.7. The standard InChI is InChI=1S/C12H16N2O3/c1-3-12(2,11(16)17)14-10(15)8-9-4-6-13-7-5-9/h4-7H,3,8H2,1-2H3,(H,14,15)(H,16,17). The molecule has 0 saturated heterocycles. The van der Waals surface area contributed by atoms with E-state index in [9.17, 15) is 9.59 Å². The first-order chi connectivity index (χ1) is 7.98. The molecule has 0 aliphatic heterocycles. The van der Waals surface area contributed by atoms with Crippen LogP contribution in [0.15, 0.2) is 24.5 Å². The van der Waals surface area contributed by atoms with Crippen LogP contribution in [0.2, 0.25) is 0 Å². The Hall–Kier alpha value is -1.91. The summed E-state index contributed by atoms with van der Waals surface area (Å²) in [6.45, 7) is 3.22. The summed E-state index contributed by atoms with van der Waals surface area (Å²) in [6, 6.07) is 3.45. The molecule has 0 aromatic carbocycles. The van der Waals surface area contributed by atoms with Gasteiger partial charge in [-0.05, 0) is 31.0 Å². The van der Waals surface area contributed by atoms with Crippen LogP contribution in [0.3, 0.4) is 0 Å². The zero-order chi connectivity index (χ0) is 12.9. The van der Waals surface area contributed by atoms with Gasteiger partial charge in [0.25, 0.3) is 0 Å². The molecule has 0 fully saturated rings. The zero-order valence-electron chi connectivity index (χ0n) is 9.93. The maximum Gasteiger partial charge on any atom is 0.329 e. The Bertz CT molecular complexity index is 405. The van der Waals surface area contributed by atoms with Crippen LogP contribution >= 0.6 is 0 Å². The third kappa shape index (κ3) is 3.55. The van der Waals surface area contributed by atoms with E-state index in [1.54, 1.807) is 31.5 Å². The molecule has 1 aromatic rings. The van der Waals surface area contributed by atoms with E-state index >= 15 is 0 Å². The maximum atomic E-state index is 11.7. The molecule has 1 amide bonds. The van der Waals surface area contributed by atoms with Crippen molar-refractivity contribution in [2.24, 2.45) is 0 Å². The third-order valence-corrected chi connectivity index (χ3v) is 2.71. The minimum absolute atomic E-state index is 0.158. The summed E-state index contributed by atoms with van der Waals surface area (Å²) in [5.41, 5.74) is -0.397. The molecular weight excluding hydrogens is 220 g/mol. The molecular formula is C12H16N2O3. The lowest BCUT2D eigenvalue weighted by molar-refractivity contribution is -0.146. The molecule has 0 bridgehead atoms. The normalized spacial score (nSPS) is 13.8. The number of aliphatic carboxylic acids is 1. The lowest BCUT2D eigenvalue weighted by Gasteiger charge is -2.24. The number of carboxylic acid groups (broad SMARTS) is 1. The summed E-state index contributed by atoms with van der Waals surface area (Å²) in [5.74, 6) is -1.33. The predicted molar refractivity (Wildman–Crippen MR) is 62.4 cm³/mol. The molecule has 1 heterocycles. The first kappa shape index (κ1) is 13.2. The Kier molecular flexibility index (Phi) is 4.20. The summed E-state index contributed by atoms with van der Waals surface area (Å²) in [5, 5.41) is 11.6. The number of nitrogens with zero attached hydrogens (tertiary/aromatic N) is 1. The molecule has 5 nitrogen and oxygen atoms in total. The van der Waals surface area contributed by atoms with Gasteiger partial charge in [-0.3, -0.25) is 9.78 Å². The SMILES string of the molecule is CCC(C)(NC(=O)Cc1ccncc1)C(=O)O. The fourth-order valence-corrected chi connectivity index (χ4v) is 1.33. The number of rotatable bonds is 5. The van der Waals surface area contributed by atoms with Gasteiger partial charge < -0.3 is 10.4 Å². The van der Waals surface area contributed by atoms with Crippen LogP contribution in [0.4, 0.5) is 0 Å². The first-order valence-electron chi connectivity index (χ1n) is 5.41. The first-order valence-corrected chi connectivity index (χ1v) is 5.41. The minimum atomic E-state index is -1.20. The van der Waals surface area contributed by atoms with Gasteiger partial charge >= 0.3 is 5.97 Å². The van der Waals surface area contributed by atoms with Crippen LogP contribution in [0.1, 0.15) is 25.8 Å². The second-order valence-corrected chi connectivity index (χ2v) is 4.07. The number of aromatic nitrogens is 1. The molecule has 1 rings (SSSR count). The highest BCUT2D eigenvalue weighted by atomic mass is 16.4. The van der Waals surface area contributed by atoms with Crippen LogP contribution in [0.5, 0.6) is 0 Å². The van der Waals surface area contributed by atoms with Crippen molar-refractivity contribution >= 4 is 11.9 Å². The summed E-state index contributed by atoms with van der Waals surface area (Å²) >= 11 is 0. The van der Waals surface area contributed by atoms with E-state index < -0.39 is 11.5 Å². The Morgan fingerprint density at radius 2 is 2.00 bits per heavy atom. The fourth-order valence-electron chi connectivity index (χ4n) is 1.33. The minimum Gasteiger partial charge on any atom is -0.480 e. The van der Waals surface area contributed by atoms with Gasteiger partial charge in [0.2, 0.25) is 5.91 Å². The van der Waals surface area contributed by atoms with E-state index in [0.717, 1.165) is 5.56 Å². The van der Waals surface area contributed by atoms with Gasteiger partial charge in [0.1, 0.15) is 5.54 Å². The molecule has 1 unspecified atom stereocenters. The Morgan fingerprint density at radius 3 is 2.47 bits per heavy atom. The van der Waals surface area contributed by atoms with Crippen molar-refractivity contribution in [1.82, 2.24) is 10.3 Å². The summed E-state index contributed by atoms with van der Waals surface area (Å²) in [7, 11) is 0. The molecule has 92 valence electrons. The summed E-state index contributed by atoms with van der Waals surface area (Å²) < 4.78 is 0. The topological polar surface area (TPSA) is 79.3 Å². The second kappa shape index (κ2) is 5.43. The highest BCUT2D eigenvalue weighted by molar-refractivity contribution is 5.87. The Labute approximate surface area is 99.9 Å². The van der Waals surface area contributed by atoms with E-state index in [2.05, 4.69) is 10.3 Å². The van der Waals surface area contributed by atoms with Crippen LogP contribution < -0.4 is 5.32 Å². The number of hydrogen-bond acceptors (Lipinski definition) is 3. The number of carbonyl (C=O) groups excluding carboxylic acids is 1. The van der Waals surface area contributed by atoms with Crippen molar-refractivity contribution in [2.45, 2.75) is 32.2 Å². The van der Waals surface area contributed by atoms with Crippen molar-refractivity contribution in [3.05, 3.63) is 30.1 Å². The van der Waals surface area contributed by atoms with Gasteiger partial charge in [-0.2, -0.15) is 0 Å². The molecule has 0 radical (unpaired) electrons. The molecule has 5 heteroatoms. The fraction of sp³-hybridized carbons (Fsp3) is 0.417. The predicted octanol–water partition coefficient (Wildman–Crippen LogP) is 0.994. The molecule has 0 spiro atoms. The van der Waals surface area contributed by atoms with E-state index in [4.69, 9.17) is 5.11 Å². The van der Waals surface area contributed by atoms with Crippen LogP contribution in [0.25, 0.3) is 0 Å². The summed E-state index contributed by atoms with van der Waals surface area (Å²) in [6.07, 6.45) is 3.69. The van der Waals surface area contributed by atoms with Crippen LogP contribution in [-0.4, -0.2) is 27.5 Å². The van der Waals surface area contributed by atoms with Crippen molar-refractivity contribution in [2.75, 3.05) is 0 Å². The molecule has 1 atom stereocenters. The van der Waals surface area contributed by atoms with Gasteiger partial charge in [0.05, 0.1) is 6.42 Å². The van der Waals surface area contributed by atoms with Crippen LogP contribution in [-0.2, 0) is 16.0 Å². The van der Waals surface area contributed by atoms with E-state index in [-0.39, 0.29) is 12.3 Å². The molecule has 0 aliphatic rings. The van der Waals surface area contributed by atoms with Crippen molar-refractivity contribution < 1.29 is 14.7 Å². The van der Waals surface area contributed by atoms with Gasteiger partial charge in [-0.1, -0.05) is 6.92 Å². The highest BCUT2D eigenvalue weighted by Gasteiger charge is 2.32. The number of carbonyl (C=O) groups is 2. The quantitative estimate of drug-likeness (QED) is 0.799. The second-order valence-electron chi connectivity index (χ2n) is 4.07. The third-order valence-electron chi connectivity index (χ3n) is 2.71. The molecule has 0 saturated carbocycles. The highest BCUT2D eigenvalue weighted by Crippen LogP contribution is 2.10. The lowest BCUT2D eigenvalue weighted by Crippen LogP contribution is -2.52. The zero-order valence-corrected chi connectivity index (χ0v) is 9.93. The van der Waals surface area contributed by atoms with Crippen molar-refractivity contribution in [3.8, 4) is 0 Å². The molecule has 1 aromatic heterocycles. The lowest BCUT2D eigenvalue weighted by atomic mass is 9.98.